The molecule has 0 bridgehead atoms. The number of nitrogens with one attached hydrogen (secondary N) is 1. The van der Waals surface area contributed by atoms with E-state index in [9.17, 15) is 31.4 Å². The van der Waals surface area contributed by atoms with Crippen LogP contribution >= 0.6 is 0 Å². The van der Waals surface area contributed by atoms with E-state index in [1.54, 1.807) is 0 Å². The zero-order chi connectivity index (χ0) is 17.9. The molecule has 24 heavy (non-hydrogen) atoms. The van der Waals surface area contributed by atoms with E-state index in [1.807, 2.05) is 0 Å². The van der Waals surface area contributed by atoms with Crippen LogP contribution in [0.5, 0.6) is 0 Å². The lowest BCUT2D eigenvalue weighted by atomic mass is 10.0. The van der Waals surface area contributed by atoms with Crippen molar-refractivity contribution in [2.75, 3.05) is 6.61 Å². The van der Waals surface area contributed by atoms with Gasteiger partial charge in [-0.1, -0.05) is 18.2 Å². The first-order valence-corrected chi connectivity index (χ1v) is 6.87. The molecule has 1 unspecified atom stereocenters. The molecular formula is C16H13F6NO. The third-order valence-electron chi connectivity index (χ3n) is 3.45. The van der Waals surface area contributed by atoms with Gasteiger partial charge in [-0.15, -0.1) is 0 Å². The van der Waals surface area contributed by atoms with E-state index in [2.05, 4.69) is 5.32 Å². The summed E-state index contributed by atoms with van der Waals surface area (Å²) >= 11 is 0. The Morgan fingerprint density at radius 2 is 1.58 bits per heavy atom. The molecule has 0 aliphatic carbocycles. The van der Waals surface area contributed by atoms with E-state index in [0.717, 1.165) is 6.07 Å². The minimum Gasteiger partial charge on any atom is -0.394 e. The van der Waals surface area contributed by atoms with Gasteiger partial charge in [-0.2, -0.15) is 13.2 Å². The average Bonchev–Trinajstić information content (AvgIpc) is 2.52. The molecule has 0 aliphatic rings. The Kier molecular flexibility index (Phi) is 5.51. The van der Waals surface area contributed by atoms with Gasteiger partial charge in [-0.3, -0.25) is 0 Å². The maximum atomic E-state index is 13.2. The number of aliphatic hydroxyl groups is 1. The van der Waals surface area contributed by atoms with Crippen molar-refractivity contribution in [3.8, 4) is 0 Å². The molecule has 0 saturated carbocycles. The molecule has 0 spiro atoms. The number of halogens is 6. The van der Waals surface area contributed by atoms with Crippen molar-refractivity contribution in [1.82, 2.24) is 5.32 Å². The molecule has 2 nitrogen and oxygen atoms in total. The Morgan fingerprint density at radius 1 is 1.00 bits per heavy atom. The van der Waals surface area contributed by atoms with Gasteiger partial charge in [0.05, 0.1) is 18.2 Å². The molecule has 0 fully saturated rings. The average molecular weight is 349 g/mol. The Hall–Kier alpha value is -2.06. The van der Waals surface area contributed by atoms with Gasteiger partial charge in [0.25, 0.3) is 0 Å². The van der Waals surface area contributed by atoms with Crippen molar-refractivity contribution in [2.24, 2.45) is 0 Å². The van der Waals surface area contributed by atoms with Crippen LogP contribution in [0.3, 0.4) is 0 Å². The third kappa shape index (κ3) is 4.07. The van der Waals surface area contributed by atoms with Crippen molar-refractivity contribution in [2.45, 2.75) is 18.8 Å². The second-order valence-corrected chi connectivity index (χ2v) is 5.07. The predicted octanol–water partition coefficient (Wildman–Crippen LogP) is 3.95. The number of rotatable bonds is 5. The van der Waals surface area contributed by atoms with Crippen LogP contribution < -0.4 is 5.32 Å². The molecule has 0 aliphatic heterocycles. The molecule has 8 heteroatoms. The number of hydrogen-bond donors (Lipinski definition) is 2. The van der Waals surface area contributed by atoms with Crippen LogP contribution in [0.1, 0.15) is 22.7 Å². The van der Waals surface area contributed by atoms with Crippen molar-refractivity contribution < 1.29 is 31.4 Å². The lowest BCUT2D eigenvalue weighted by Gasteiger charge is -2.19. The quantitative estimate of drug-likeness (QED) is 0.633. The summed E-state index contributed by atoms with van der Waals surface area (Å²) in [6.45, 7) is -0.944. The Labute approximate surface area is 133 Å². The molecule has 2 aromatic carbocycles. The van der Waals surface area contributed by atoms with Crippen molar-refractivity contribution in [1.29, 1.82) is 0 Å². The highest BCUT2D eigenvalue weighted by molar-refractivity contribution is 5.30. The molecule has 2 rings (SSSR count). The summed E-state index contributed by atoms with van der Waals surface area (Å²) in [5, 5.41) is 11.9. The van der Waals surface area contributed by atoms with Gasteiger partial charge in [-0.05, 0) is 29.3 Å². The van der Waals surface area contributed by atoms with Crippen LogP contribution in [0.25, 0.3) is 0 Å². The van der Waals surface area contributed by atoms with Crippen LogP contribution in [-0.4, -0.2) is 11.7 Å². The fourth-order valence-corrected chi connectivity index (χ4v) is 2.25. The molecular weight excluding hydrogens is 336 g/mol. The van der Waals surface area contributed by atoms with Gasteiger partial charge in [0, 0.05) is 6.54 Å². The van der Waals surface area contributed by atoms with E-state index >= 15 is 0 Å². The monoisotopic (exact) mass is 349 g/mol. The molecule has 1 atom stereocenters. The van der Waals surface area contributed by atoms with Crippen LogP contribution in [0.2, 0.25) is 0 Å². The van der Waals surface area contributed by atoms with Crippen LogP contribution in [-0.2, 0) is 12.7 Å². The first-order chi connectivity index (χ1) is 11.2. The predicted molar refractivity (Wildman–Crippen MR) is 74.4 cm³/mol. The molecule has 0 aromatic heterocycles. The summed E-state index contributed by atoms with van der Waals surface area (Å²) in [6, 6.07) is 5.11. The van der Waals surface area contributed by atoms with E-state index in [-0.39, 0.29) is 17.7 Å². The van der Waals surface area contributed by atoms with E-state index in [1.165, 1.54) is 18.2 Å². The fraction of sp³-hybridized carbons (Fsp3) is 0.250. The zero-order valence-corrected chi connectivity index (χ0v) is 12.2. The summed E-state index contributed by atoms with van der Waals surface area (Å²) in [5.74, 6) is -4.54. The number of benzene rings is 2. The highest BCUT2D eigenvalue weighted by Crippen LogP contribution is 2.32. The van der Waals surface area contributed by atoms with Gasteiger partial charge in [0.15, 0.2) is 17.5 Å². The minimum absolute atomic E-state index is 0.0912. The molecule has 0 heterocycles. The first-order valence-electron chi connectivity index (χ1n) is 6.87. The summed E-state index contributed by atoms with van der Waals surface area (Å²) in [7, 11) is 0. The Morgan fingerprint density at radius 3 is 2.12 bits per heavy atom. The molecule has 130 valence electrons. The molecule has 0 amide bonds. The summed E-state index contributed by atoms with van der Waals surface area (Å²) < 4.78 is 78.2. The maximum Gasteiger partial charge on any atom is 0.416 e. The van der Waals surface area contributed by atoms with Gasteiger partial charge in [-0.25, -0.2) is 13.2 Å². The highest BCUT2D eigenvalue weighted by atomic mass is 19.4. The molecule has 0 saturated heterocycles. The summed E-state index contributed by atoms with van der Waals surface area (Å²) in [4.78, 5) is 0. The van der Waals surface area contributed by atoms with Crippen molar-refractivity contribution >= 4 is 0 Å². The Balaban J connectivity index is 2.22. The lowest BCUT2D eigenvalue weighted by molar-refractivity contribution is -0.138. The van der Waals surface area contributed by atoms with Gasteiger partial charge < -0.3 is 10.4 Å². The second-order valence-electron chi connectivity index (χ2n) is 5.07. The molecule has 2 N–H and O–H groups in total. The second kappa shape index (κ2) is 7.23. The largest absolute Gasteiger partial charge is 0.416 e. The van der Waals surface area contributed by atoms with Gasteiger partial charge in [0.2, 0.25) is 0 Å². The summed E-state index contributed by atoms with van der Waals surface area (Å²) in [5.41, 5.74) is -1.06. The van der Waals surface area contributed by atoms with Crippen LogP contribution in [0, 0.1) is 17.5 Å². The van der Waals surface area contributed by atoms with Gasteiger partial charge in [0.1, 0.15) is 0 Å². The normalized spacial score (nSPS) is 13.1. The van der Waals surface area contributed by atoms with Gasteiger partial charge >= 0.3 is 6.18 Å². The Bertz CT molecular complexity index is 693. The third-order valence-corrected chi connectivity index (χ3v) is 3.45. The van der Waals surface area contributed by atoms with Crippen molar-refractivity contribution in [3.05, 3.63) is 70.5 Å². The fourth-order valence-electron chi connectivity index (χ4n) is 2.25. The summed E-state index contributed by atoms with van der Waals surface area (Å²) in [6.07, 6.45) is -4.55. The van der Waals surface area contributed by atoms with E-state index < -0.39 is 41.8 Å². The maximum absolute atomic E-state index is 13.2. The highest BCUT2D eigenvalue weighted by Gasteiger charge is 2.32. The van der Waals surface area contributed by atoms with Crippen LogP contribution in [0.4, 0.5) is 26.3 Å². The number of alkyl halides is 3. The van der Waals surface area contributed by atoms with Crippen molar-refractivity contribution in [3.63, 3.8) is 0 Å². The number of hydrogen-bond acceptors (Lipinski definition) is 2. The SMILES string of the molecule is OCC(NCc1ccccc1C(F)(F)F)c1cc(F)c(F)c(F)c1. The topological polar surface area (TPSA) is 32.3 Å². The standard InChI is InChI=1S/C16H13F6NO/c17-12-5-10(6-13(18)15(12)19)14(8-24)23-7-9-3-1-2-4-11(9)16(20,21)22/h1-6,14,23-24H,7-8H2. The zero-order valence-electron chi connectivity index (χ0n) is 12.2. The lowest BCUT2D eigenvalue weighted by Crippen LogP contribution is -2.25. The first kappa shape index (κ1) is 18.3. The molecule has 0 radical (unpaired) electrons. The molecule has 2 aromatic rings. The van der Waals surface area contributed by atoms with Crippen LogP contribution in [0.15, 0.2) is 36.4 Å². The smallest absolute Gasteiger partial charge is 0.394 e. The number of aliphatic hydroxyl groups excluding tert-OH is 1. The van der Waals surface area contributed by atoms with E-state index in [4.69, 9.17) is 0 Å². The van der Waals surface area contributed by atoms with E-state index in [0.29, 0.717) is 12.1 Å². The minimum atomic E-state index is -4.55.